The van der Waals surface area contributed by atoms with E-state index in [1.54, 1.807) is 5.56 Å². The first-order chi connectivity index (χ1) is 10.8. The highest BCUT2D eigenvalue weighted by molar-refractivity contribution is 5.61. The summed E-state index contributed by atoms with van der Waals surface area (Å²) in [5.41, 5.74) is 4.84. The number of hydrogen-bond donors (Lipinski definition) is 2. The lowest BCUT2D eigenvalue weighted by Crippen LogP contribution is -2.44. The number of rotatable bonds is 2. The summed E-state index contributed by atoms with van der Waals surface area (Å²) in [7, 11) is 2.22. The maximum atomic E-state index is 3.65. The number of piperidine rings is 1. The summed E-state index contributed by atoms with van der Waals surface area (Å²) in [6.45, 7) is 9.33. The molecule has 0 bridgehead atoms. The van der Waals surface area contributed by atoms with Crippen LogP contribution in [0.5, 0.6) is 0 Å². The van der Waals surface area contributed by atoms with E-state index in [0.717, 1.165) is 26.2 Å². The normalized spacial score (nSPS) is 25.1. The number of benzene rings is 1. The molecule has 4 heteroatoms. The summed E-state index contributed by atoms with van der Waals surface area (Å²) in [4.78, 5) is 5.02. The summed E-state index contributed by atoms with van der Waals surface area (Å²) in [6.07, 6.45) is 2.54. The van der Waals surface area contributed by atoms with Crippen LogP contribution in [0.4, 0.5) is 5.69 Å². The molecule has 1 spiro atoms. The molecule has 0 unspecified atom stereocenters. The Bertz CT molecular complexity index is 522. The Morgan fingerprint density at radius 2 is 1.86 bits per heavy atom. The number of nitrogens with zero attached hydrogens (tertiary/aromatic N) is 2. The standard InChI is InChI=1S/C18H28N4/c1-21-8-10-22(11-9-21)13-15-2-3-17-16(12-15)18(14-20-17)4-6-19-7-5-18/h2-3,12,19-20H,4-11,13-14H2,1H3. The fourth-order valence-electron chi connectivity index (χ4n) is 4.26. The van der Waals surface area contributed by atoms with Crippen LogP contribution in [0, 0.1) is 0 Å². The van der Waals surface area contributed by atoms with E-state index in [4.69, 9.17) is 0 Å². The maximum absolute atomic E-state index is 3.65. The highest BCUT2D eigenvalue weighted by atomic mass is 15.2. The summed E-state index contributed by atoms with van der Waals surface area (Å²) >= 11 is 0. The van der Waals surface area contributed by atoms with Crippen molar-refractivity contribution in [3.05, 3.63) is 29.3 Å². The first kappa shape index (κ1) is 14.5. The van der Waals surface area contributed by atoms with Gasteiger partial charge in [0.15, 0.2) is 0 Å². The first-order valence-corrected chi connectivity index (χ1v) is 8.74. The third-order valence-corrected chi connectivity index (χ3v) is 5.84. The summed E-state index contributed by atoms with van der Waals surface area (Å²) < 4.78 is 0. The quantitative estimate of drug-likeness (QED) is 0.866. The Kier molecular flexibility index (Phi) is 3.84. The van der Waals surface area contributed by atoms with Gasteiger partial charge in [-0.05, 0) is 50.2 Å². The van der Waals surface area contributed by atoms with Gasteiger partial charge in [-0.25, -0.2) is 0 Å². The van der Waals surface area contributed by atoms with E-state index in [1.807, 2.05) is 0 Å². The molecule has 1 aromatic rings. The second kappa shape index (κ2) is 5.84. The van der Waals surface area contributed by atoms with E-state index >= 15 is 0 Å². The van der Waals surface area contributed by atoms with E-state index in [2.05, 4.69) is 45.7 Å². The average molecular weight is 300 g/mol. The van der Waals surface area contributed by atoms with Gasteiger partial charge in [0.05, 0.1) is 0 Å². The Morgan fingerprint density at radius 1 is 1.09 bits per heavy atom. The molecule has 0 radical (unpaired) electrons. The number of nitrogens with one attached hydrogen (secondary N) is 2. The van der Waals surface area contributed by atoms with Gasteiger partial charge >= 0.3 is 0 Å². The zero-order chi connectivity index (χ0) is 15.0. The van der Waals surface area contributed by atoms with Crippen LogP contribution in [0.25, 0.3) is 0 Å². The topological polar surface area (TPSA) is 30.5 Å². The molecule has 22 heavy (non-hydrogen) atoms. The SMILES string of the molecule is CN1CCN(Cc2ccc3c(c2)C2(CCNCC2)CN3)CC1. The smallest absolute Gasteiger partial charge is 0.0379 e. The minimum Gasteiger partial charge on any atom is -0.384 e. The minimum absolute atomic E-state index is 0.388. The molecule has 1 aromatic carbocycles. The molecule has 2 fully saturated rings. The number of fused-ring (bicyclic) bond motifs is 2. The molecule has 2 N–H and O–H groups in total. The van der Waals surface area contributed by atoms with Crippen molar-refractivity contribution in [2.45, 2.75) is 24.8 Å². The molecule has 0 amide bonds. The van der Waals surface area contributed by atoms with Gasteiger partial charge in [-0.15, -0.1) is 0 Å². The average Bonchev–Trinajstić information content (AvgIpc) is 2.89. The highest BCUT2D eigenvalue weighted by Crippen LogP contribution is 2.43. The Balaban J connectivity index is 1.52. The summed E-state index contributed by atoms with van der Waals surface area (Å²) in [5, 5.41) is 7.16. The number of likely N-dealkylation sites (N-methyl/N-ethyl adjacent to an activating group) is 1. The molecule has 120 valence electrons. The molecular formula is C18H28N4. The first-order valence-electron chi connectivity index (χ1n) is 8.74. The van der Waals surface area contributed by atoms with Crippen molar-refractivity contribution in [1.82, 2.24) is 15.1 Å². The van der Waals surface area contributed by atoms with Gasteiger partial charge in [0, 0.05) is 50.4 Å². The van der Waals surface area contributed by atoms with E-state index < -0.39 is 0 Å². The van der Waals surface area contributed by atoms with Crippen LogP contribution in [-0.2, 0) is 12.0 Å². The van der Waals surface area contributed by atoms with Crippen LogP contribution in [0.1, 0.15) is 24.0 Å². The molecule has 4 rings (SSSR count). The monoisotopic (exact) mass is 300 g/mol. The van der Waals surface area contributed by atoms with Crippen molar-refractivity contribution in [2.75, 3.05) is 58.2 Å². The zero-order valence-corrected chi connectivity index (χ0v) is 13.7. The molecule has 0 aromatic heterocycles. The fraction of sp³-hybridized carbons (Fsp3) is 0.667. The van der Waals surface area contributed by atoms with Gasteiger partial charge in [0.25, 0.3) is 0 Å². The van der Waals surface area contributed by atoms with Crippen molar-refractivity contribution in [1.29, 1.82) is 0 Å². The van der Waals surface area contributed by atoms with Gasteiger partial charge in [0.2, 0.25) is 0 Å². The van der Waals surface area contributed by atoms with Crippen LogP contribution < -0.4 is 10.6 Å². The lowest BCUT2D eigenvalue weighted by molar-refractivity contribution is 0.148. The Morgan fingerprint density at radius 3 is 2.64 bits per heavy atom. The molecule has 0 atom stereocenters. The largest absolute Gasteiger partial charge is 0.384 e. The molecule has 3 aliphatic rings. The lowest BCUT2D eigenvalue weighted by Gasteiger charge is -2.35. The molecule has 0 aliphatic carbocycles. The van der Waals surface area contributed by atoms with E-state index in [1.165, 1.54) is 50.3 Å². The van der Waals surface area contributed by atoms with Crippen molar-refractivity contribution < 1.29 is 0 Å². The number of piperazine rings is 1. The van der Waals surface area contributed by atoms with Crippen LogP contribution in [0.3, 0.4) is 0 Å². The van der Waals surface area contributed by atoms with Crippen LogP contribution in [0.2, 0.25) is 0 Å². The third-order valence-electron chi connectivity index (χ3n) is 5.84. The predicted molar refractivity (Wildman–Crippen MR) is 91.5 cm³/mol. The van der Waals surface area contributed by atoms with Crippen molar-refractivity contribution in [3.8, 4) is 0 Å². The lowest BCUT2D eigenvalue weighted by atomic mass is 9.74. The van der Waals surface area contributed by atoms with Gasteiger partial charge in [-0.1, -0.05) is 12.1 Å². The van der Waals surface area contributed by atoms with Crippen molar-refractivity contribution >= 4 is 5.69 Å². The van der Waals surface area contributed by atoms with Gasteiger partial charge < -0.3 is 15.5 Å². The molecule has 2 saturated heterocycles. The van der Waals surface area contributed by atoms with Crippen LogP contribution in [-0.4, -0.2) is 62.7 Å². The maximum Gasteiger partial charge on any atom is 0.0379 e. The highest BCUT2D eigenvalue weighted by Gasteiger charge is 2.39. The third kappa shape index (κ3) is 2.64. The molecular weight excluding hydrogens is 272 g/mol. The predicted octanol–water partition coefficient (Wildman–Crippen LogP) is 1.48. The molecule has 3 heterocycles. The summed E-state index contributed by atoms with van der Waals surface area (Å²) in [6, 6.07) is 7.14. The number of anilines is 1. The van der Waals surface area contributed by atoms with E-state index in [-0.39, 0.29) is 0 Å². The van der Waals surface area contributed by atoms with Crippen LogP contribution in [0.15, 0.2) is 18.2 Å². The van der Waals surface area contributed by atoms with E-state index in [9.17, 15) is 0 Å². The Hall–Kier alpha value is -1.10. The molecule has 0 saturated carbocycles. The zero-order valence-electron chi connectivity index (χ0n) is 13.7. The van der Waals surface area contributed by atoms with Crippen molar-refractivity contribution in [3.63, 3.8) is 0 Å². The van der Waals surface area contributed by atoms with Crippen molar-refractivity contribution in [2.24, 2.45) is 0 Å². The second-order valence-corrected chi connectivity index (χ2v) is 7.34. The second-order valence-electron chi connectivity index (χ2n) is 7.34. The van der Waals surface area contributed by atoms with Crippen LogP contribution >= 0.6 is 0 Å². The molecule has 4 nitrogen and oxygen atoms in total. The fourth-order valence-corrected chi connectivity index (χ4v) is 4.26. The van der Waals surface area contributed by atoms with E-state index in [0.29, 0.717) is 5.41 Å². The molecule has 3 aliphatic heterocycles. The minimum atomic E-state index is 0.388. The van der Waals surface area contributed by atoms with Gasteiger partial charge in [-0.3, -0.25) is 4.90 Å². The summed E-state index contributed by atoms with van der Waals surface area (Å²) in [5.74, 6) is 0. The number of hydrogen-bond acceptors (Lipinski definition) is 4. The van der Waals surface area contributed by atoms with Gasteiger partial charge in [-0.2, -0.15) is 0 Å². The van der Waals surface area contributed by atoms with Gasteiger partial charge in [0.1, 0.15) is 0 Å². The Labute approximate surface area is 133 Å².